The Morgan fingerprint density at radius 3 is 2.50 bits per heavy atom. The predicted octanol–water partition coefficient (Wildman–Crippen LogP) is 4.45. The number of nitrogens with one attached hydrogen (secondary N) is 1. The summed E-state index contributed by atoms with van der Waals surface area (Å²) < 4.78 is 15.8. The summed E-state index contributed by atoms with van der Waals surface area (Å²) in [5.41, 5.74) is 5.68. The molecule has 1 aliphatic heterocycles. The number of fused-ring (bicyclic) bond motifs is 2. The number of hydrogen-bond acceptors (Lipinski definition) is 7. The molecule has 1 saturated carbocycles. The molecule has 0 radical (unpaired) electrons. The SMILES string of the molecule is Cc1nc2c(nc1-c1cn3nc(N4CC[C@H](F)C4)cc(NC4CCC(C)(O)CC4)c3n1)CCCC2.Cl. The fourth-order valence-corrected chi connectivity index (χ4v) is 5.70. The summed E-state index contributed by atoms with van der Waals surface area (Å²) in [6, 6.07) is 2.25. The number of alkyl halides is 1. The molecular weight excluding hydrogens is 481 g/mol. The minimum Gasteiger partial charge on any atom is -0.390 e. The lowest BCUT2D eigenvalue weighted by Crippen LogP contribution is -2.36. The van der Waals surface area contributed by atoms with Gasteiger partial charge in [0.15, 0.2) is 11.5 Å². The minimum absolute atomic E-state index is 0. The molecule has 0 unspecified atom stereocenters. The molecule has 4 heterocycles. The highest BCUT2D eigenvalue weighted by atomic mass is 35.5. The van der Waals surface area contributed by atoms with Gasteiger partial charge in [-0.25, -0.2) is 18.9 Å². The minimum atomic E-state index is -0.823. The van der Waals surface area contributed by atoms with Gasteiger partial charge < -0.3 is 15.3 Å². The summed E-state index contributed by atoms with van der Waals surface area (Å²) in [5.74, 6) is 0.750. The summed E-state index contributed by atoms with van der Waals surface area (Å²) >= 11 is 0. The predicted molar refractivity (Wildman–Crippen MR) is 141 cm³/mol. The largest absolute Gasteiger partial charge is 0.390 e. The van der Waals surface area contributed by atoms with E-state index in [4.69, 9.17) is 20.1 Å². The zero-order valence-corrected chi connectivity index (χ0v) is 21.8. The number of aromatic nitrogens is 5. The lowest BCUT2D eigenvalue weighted by molar-refractivity contribution is 0.0196. The third-order valence-electron chi connectivity index (χ3n) is 7.83. The number of aryl methyl sites for hydroxylation is 3. The van der Waals surface area contributed by atoms with E-state index in [0.29, 0.717) is 19.5 Å². The first-order chi connectivity index (χ1) is 16.8. The molecule has 36 heavy (non-hydrogen) atoms. The third kappa shape index (κ3) is 4.87. The molecular formula is C26H35ClFN7O. The molecule has 3 aliphatic rings. The van der Waals surface area contributed by atoms with E-state index in [9.17, 15) is 9.50 Å². The summed E-state index contributed by atoms with van der Waals surface area (Å²) in [5, 5.41) is 18.9. The maximum absolute atomic E-state index is 14.0. The van der Waals surface area contributed by atoms with Crippen LogP contribution in [-0.2, 0) is 12.8 Å². The van der Waals surface area contributed by atoms with Crippen LogP contribution in [0, 0.1) is 6.92 Å². The first kappa shape index (κ1) is 25.1. The third-order valence-corrected chi connectivity index (χ3v) is 7.83. The average molecular weight is 516 g/mol. The van der Waals surface area contributed by atoms with Crippen LogP contribution in [0.4, 0.5) is 15.9 Å². The van der Waals surface area contributed by atoms with E-state index < -0.39 is 11.8 Å². The van der Waals surface area contributed by atoms with Crippen LogP contribution in [0.5, 0.6) is 0 Å². The van der Waals surface area contributed by atoms with Crippen molar-refractivity contribution in [3.63, 3.8) is 0 Å². The van der Waals surface area contributed by atoms with E-state index in [-0.39, 0.29) is 18.4 Å². The molecule has 2 aliphatic carbocycles. The van der Waals surface area contributed by atoms with Crippen molar-refractivity contribution in [2.24, 2.45) is 0 Å². The Morgan fingerprint density at radius 1 is 1.08 bits per heavy atom. The monoisotopic (exact) mass is 515 g/mol. The van der Waals surface area contributed by atoms with Gasteiger partial charge in [-0.3, -0.25) is 4.98 Å². The van der Waals surface area contributed by atoms with Crippen molar-refractivity contribution in [2.45, 2.75) is 89.4 Å². The van der Waals surface area contributed by atoms with E-state index >= 15 is 0 Å². The number of rotatable bonds is 4. The molecule has 2 N–H and O–H groups in total. The number of aliphatic hydroxyl groups is 1. The number of hydrogen-bond donors (Lipinski definition) is 2. The second-order valence-electron chi connectivity index (χ2n) is 10.8. The Bertz CT molecular complexity index is 1250. The first-order valence-corrected chi connectivity index (χ1v) is 13.0. The zero-order valence-electron chi connectivity index (χ0n) is 21.0. The van der Waals surface area contributed by atoms with Crippen molar-refractivity contribution in [3.8, 4) is 11.4 Å². The van der Waals surface area contributed by atoms with Gasteiger partial charge in [-0.1, -0.05) is 0 Å². The van der Waals surface area contributed by atoms with Crippen molar-refractivity contribution in [3.05, 3.63) is 29.3 Å². The number of imidazole rings is 1. The van der Waals surface area contributed by atoms with Gasteiger partial charge in [-0.15, -0.1) is 17.5 Å². The second-order valence-corrected chi connectivity index (χ2v) is 10.8. The molecule has 8 nitrogen and oxygen atoms in total. The van der Waals surface area contributed by atoms with E-state index in [0.717, 1.165) is 90.6 Å². The average Bonchev–Trinajstić information content (AvgIpc) is 3.46. The van der Waals surface area contributed by atoms with Crippen LogP contribution in [0.25, 0.3) is 17.0 Å². The number of nitrogens with zero attached hydrogens (tertiary/aromatic N) is 6. The molecule has 3 aromatic heterocycles. The van der Waals surface area contributed by atoms with Gasteiger partial charge in [0.1, 0.15) is 17.6 Å². The summed E-state index contributed by atoms with van der Waals surface area (Å²) in [7, 11) is 0. The maximum Gasteiger partial charge on any atom is 0.177 e. The Kier molecular flexibility index (Phi) is 6.80. The van der Waals surface area contributed by atoms with Gasteiger partial charge in [0.05, 0.1) is 41.1 Å². The Morgan fingerprint density at radius 2 is 1.81 bits per heavy atom. The van der Waals surface area contributed by atoms with Crippen molar-refractivity contribution in [1.29, 1.82) is 0 Å². The van der Waals surface area contributed by atoms with Gasteiger partial charge >= 0.3 is 0 Å². The number of anilines is 2. The van der Waals surface area contributed by atoms with Crippen molar-refractivity contribution < 1.29 is 9.50 Å². The van der Waals surface area contributed by atoms with Gasteiger partial charge in [0.2, 0.25) is 0 Å². The van der Waals surface area contributed by atoms with Crippen LogP contribution in [0.15, 0.2) is 12.3 Å². The molecule has 0 bridgehead atoms. The van der Waals surface area contributed by atoms with Gasteiger partial charge in [-0.05, 0) is 71.6 Å². The van der Waals surface area contributed by atoms with Gasteiger partial charge in [-0.2, -0.15) is 0 Å². The van der Waals surface area contributed by atoms with Crippen LogP contribution in [0.3, 0.4) is 0 Å². The smallest absolute Gasteiger partial charge is 0.177 e. The topological polar surface area (TPSA) is 91.5 Å². The maximum atomic E-state index is 14.0. The highest BCUT2D eigenvalue weighted by Crippen LogP contribution is 2.33. The first-order valence-electron chi connectivity index (χ1n) is 13.0. The molecule has 0 aromatic carbocycles. The van der Waals surface area contributed by atoms with Crippen LogP contribution < -0.4 is 10.2 Å². The number of halogens is 2. The van der Waals surface area contributed by atoms with Crippen molar-refractivity contribution >= 4 is 29.6 Å². The fourth-order valence-electron chi connectivity index (χ4n) is 5.70. The lowest BCUT2D eigenvalue weighted by atomic mass is 9.83. The molecule has 3 aromatic rings. The molecule has 6 rings (SSSR count). The van der Waals surface area contributed by atoms with Gasteiger partial charge in [0.25, 0.3) is 0 Å². The highest BCUT2D eigenvalue weighted by molar-refractivity contribution is 5.85. The normalized spacial score (nSPS) is 26.1. The van der Waals surface area contributed by atoms with Crippen LogP contribution >= 0.6 is 12.4 Å². The molecule has 0 spiro atoms. The molecule has 194 valence electrons. The van der Waals surface area contributed by atoms with Crippen LogP contribution in [-0.4, -0.2) is 60.6 Å². The van der Waals surface area contributed by atoms with Crippen LogP contribution in [0.2, 0.25) is 0 Å². The van der Waals surface area contributed by atoms with Gasteiger partial charge in [0, 0.05) is 18.7 Å². The second kappa shape index (κ2) is 9.74. The Balaban J connectivity index is 0.00000267. The Labute approximate surface area is 217 Å². The van der Waals surface area contributed by atoms with E-state index in [1.54, 1.807) is 4.52 Å². The quantitative estimate of drug-likeness (QED) is 0.530. The molecule has 1 saturated heterocycles. The molecule has 1 atom stereocenters. The summed E-state index contributed by atoms with van der Waals surface area (Å²) in [6.45, 7) is 4.93. The highest BCUT2D eigenvalue weighted by Gasteiger charge is 2.30. The van der Waals surface area contributed by atoms with E-state index in [1.807, 2.05) is 31.0 Å². The van der Waals surface area contributed by atoms with Crippen molar-refractivity contribution in [1.82, 2.24) is 24.6 Å². The van der Waals surface area contributed by atoms with Crippen molar-refractivity contribution in [2.75, 3.05) is 23.3 Å². The molecule has 2 fully saturated rings. The standard InChI is InChI=1S/C26H34FN7O.ClH/c1-16-24(30-20-6-4-3-5-19(20)28-16)22-15-34-25(31-22)21(29-18-7-10-26(2,35)11-8-18)13-23(32-34)33-12-9-17(27)14-33;/h13,15,17-18,29,35H,3-12,14H2,1-2H3;1H/t17-,18?,26?;/m0./s1. The molecule has 0 amide bonds. The van der Waals surface area contributed by atoms with E-state index in [2.05, 4.69) is 5.32 Å². The lowest BCUT2D eigenvalue weighted by Gasteiger charge is -2.34. The van der Waals surface area contributed by atoms with E-state index in [1.165, 1.54) is 6.42 Å². The Hall–Kier alpha value is -2.52. The summed E-state index contributed by atoms with van der Waals surface area (Å²) in [6.07, 6.45) is 9.19. The zero-order chi connectivity index (χ0) is 24.2. The molecule has 10 heteroatoms. The fraction of sp³-hybridized carbons (Fsp3) is 0.615. The van der Waals surface area contributed by atoms with Crippen LogP contribution in [0.1, 0.15) is 69.0 Å². The summed E-state index contributed by atoms with van der Waals surface area (Å²) in [4.78, 5) is 16.8.